The maximum absolute atomic E-state index is 13.6. The molecule has 0 fully saturated rings. The second kappa shape index (κ2) is 4.28. The molecule has 1 atom stereocenters. The summed E-state index contributed by atoms with van der Waals surface area (Å²) in [5, 5.41) is 12.3. The van der Waals surface area contributed by atoms with Crippen LogP contribution in [0.25, 0.3) is 0 Å². The van der Waals surface area contributed by atoms with Crippen molar-refractivity contribution in [1.29, 1.82) is 0 Å². The molecule has 1 aromatic carbocycles. The Bertz CT molecular complexity index is 507. The summed E-state index contributed by atoms with van der Waals surface area (Å²) >= 11 is 4.75. The van der Waals surface area contributed by atoms with Crippen LogP contribution in [-0.4, -0.2) is 5.11 Å². The molecule has 2 aromatic rings. The highest BCUT2D eigenvalue weighted by molar-refractivity contribution is 9.10. The number of benzene rings is 1. The largest absolute Gasteiger partial charge is 0.380 e. The van der Waals surface area contributed by atoms with Gasteiger partial charge in [0.2, 0.25) is 0 Å². The Kier molecular flexibility index (Phi) is 3.15. The van der Waals surface area contributed by atoms with Crippen LogP contribution in [0.2, 0.25) is 0 Å². The summed E-state index contributed by atoms with van der Waals surface area (Å²) in [5.41, 5.74) is -1.02. The Balaban J connectivity index is 2.55. The molecule has 0 saturated heterocycles. The molecule has 1 heterocycles. The minimum Gasteiger partial charge on any atom is -0.380 e. The molecule has 0 aliphatic rings. The standard InChI is InChI=1S/C12H10BrFOS/c1-12(15,11-9(13)6-7-16-11)8-4-2-3-5-10(8)14/h2-7,15H,1H3. The SMILES string of the molecule is CC(O)(c1ccccc1F)c1sccc1Br. The smallest absolute Gasteiger partial charge is 0.129 e. The second-order valence-electron chi connectivity index (χ2n) is 3.65. The van der Waals surface area contributed by atoms with E-state index in [0.29, 0.717) is 4.88 Å². The van der Waals surface area contributed by atoms with Gasteiger partial charge in [-0.1, -0.05) is 18.2 Å². The van der Waals surface area contributed by atoms with Gasteiger partial charge < -0.3 is 5.11 Å². The van der Waals surface area contributed by atoms with Crippen molar-refractivity contribution in [3.05, 3.63) is 56.4 Å². The number of aliphatic hydroxyl groups is 1. The molecule has 0 radical (unpaired) electrons. The van der Waals surface area contributed by atoms with Gasteiger partial charge in [-0.25, -0.2) is 4.39 Å². The van der Waals surface area contributed by atoms with Crippen molar-refractivity contribution in [1.82, 2.24) is 0 Å². The first-order valence-electron chi connectivity index (χ1n) is 4.74. The quantitative estimate of drug-likeness (QED) is 0.892. The Morgan fingerprint density at radius 2 is 2.00 bits per heavy atom. The molecule has 84 valence electrons. The molecule has 0 saturated carbocycles. The van der Waals surface area contributed by atoms with Crippen molar-refractivity contribution in [2.24, 2.45) is 0 Å². The third kappa shape index (κ3) is 1.93. The molecule has 1 aromatic heterocycles. The van der Waals surface area contributed by atoms with Crippen molar-refractivity contribution < 1.29 is 9.50 Å². The molecule has 2 rings (SSSR count). The summed E-state index contributed by atoms with van der Waals surface area (Å²) < 4.78 is 14.4. The second-order valence-corrected chi connectivity index (χ2v) is 5.42. The zero-order chi connectivity index (χ0) is 11.8. The lowest BCUT2D eigenvalue weighted by Gasteiger charge is -2.23. The normalized spacial score (nSPS) is 14.8. The molecular formula is C12H10BrFOS. The van der Waals surface area contributed by atoms with Gasteiger partial charge in [0.15, 0.2) is 0 Å². The van der Waals surface area contributed by atoms with Crippen LogP contribution in [0, 0.1) is 5.82 Å². The maximum Gasteiger partial charge on any atom is 0.129 e. The summed E-state index contributed by atoms with van der Waals surface area (Å²) in [4.78, 5) is 0.706. The molecule has 1 nitrogen and oxygen atoms in total. The molecule has 0 bridgehead atoms. The number of hydrogen-bond acceptors (Lipinski definition) is 2. The van der Waals surface area contributed by atoms with E-state index < -0.39 is 11.4 Å². The molecule has 0 aliphatic carbocycles. The van der Waals surface area contributed by atoms with Gasteiger partial charge in [-0.15, -0.1) is 11.3 Å². The average molecular weight is 301 g/mol. The van der Waals surface area contributed by atoms with Gasteiger partial charge in [-0.05, 0) is 40.4 Å². The van der Waals surface area contributed by atoms with E-state index in [1.165, 1.54) is 17.4 Å². The molecule has 0 spiro atoms. The Hall–Kier alpha value is -0.710. The van der Waals surface area contributed by atoms with Crippen molar-refractivity contribution in [2.75, 3.05) is 0 Å². The van der Waals surface area contributed by atoms with Crippen LogP contribution >= 0.6 is 27.3 Å². The average Bonchev–Trinajstić information content (AvgIpc) is 2.65. The number of rotatable bonds is 2. The van der Waals surface area contributed by atoms with E-state index >= 15 is 0 Å². The predicted octanol–water partition coefficient (Wildman–Crippen LogP) is 3.91. The Morgan fingerprint density at radius 3 is 2.56 bits per heavy atom. The maximum atomic E-state index is 13.6. The highest BCUT2D eigenvalue weighted by Crippen LogP contribution is 2.38. The van der Waals surface area contributed by atoms with Crippen molar-refractivity contribution in [3.8, 4) is 0 Å². The van der Waals surface area contributed by atoms with Crippen LogP contribution in [-0.2, 0) is 5.60 Å². The van der Waals surface area contributed by atoms with Crippen molar-refractivity contribution in [3.63, 3.8) is 0 Å². The third-order valence-corrected chi connectivity index (χ3v) is 4.51. The summed E-state index contributed by atoms with van der Waals surface area (Å²) in [5.74, 6) is -0.396. The van der Waals surface area contributed by atoms with Crippen molar-refractivity contribution in [2.45, 2.75) is 12.5 Å². The van der Waals surface area contributed by atoms with Crippen LogP contribution in [0.15, 0.2) is 40.2 Å². The van der Waals surface area contributed by atoms with Gasteiger partial charge in [0.05, 0.1) is 4.88 Å². The van der Waals surface area contributed by atoms with E-state index in [4.69, 9.17) is 0 Å². The first-order chi connectivity index (χ1) is 7.53. The van der Waals surface area contributed by atoms with Crippen LogP contribution in [0.5, 0.6) is 0 Å². The predicted molar refractivity (Wildman–Crippen MR) is 67.1 cm³/mol. The van der Waals surface area contributed by atoms with E-state index in [1.807, 2.05) is 11.4 Å². The van der Waals surface area contributed by atoms with E-state index in [2.05, 4.69) is 15.9 Å². The molecule has 0 amide bonds. The third-order valence-electron chi connectivity index (χ3n) is 2.46. The fourth-order valence-electron chi connectivity index (χ4n) is 1.62. The topological polar surface area (TPSA) is 20.2 Å². The first-order valence-corrected chi connectivity index (χ1v) is 6.41. The first kappa shape index (κ1) is 11.8. The zero-order valence-electron chi connectivity index (χ0n) is 8.58. The minimum atomic E-state index is -1.31. The molecule has 4 heteroatoms. The monoisotopic (exact) mass is 300 g/mol. The van der Waals surface area contributed by atoms with Crippen LogP contribution < -0.4 is 0 Å². The lowest BCUT2D eigenvalue weighted by molar-refractivity contribution is 0.101. The Morgan fingerprint density at radius 1 is 1.31 bits per heavy atom. The fourth-order valence-corrected chi connectivity index (χ4v) is 3.45. The Labute approximate surface area is 106 Å². The lowest BCUT2D eigenvalue weighted by Crippen LogP contribution is -2.23. The molecule has 1 N–H and O–H groups in total. The van der Waals surface area contributed by atoms with Crippen molar-refractivity contribution >= 4 is 27.3 Å². The van der Waals surface area contributed by atoms with Gasteiger partial charge in [0.1, 0.15) is 11.4 Å². The zero-order valence-corrected chi connectivity index (χ0v) is 11.0. The molecule has 16 heavy (non-hydrogen) atoms. The summed E-state index contributed by atoms with van der Waals surface area (Å²) in [6, 6.07) is 8.12. The fraction of sp³-hybridized carbons (Fsp3) is 0.167. The number of thiophene rings is 1. The highest BCUT2D eigenvalue weighted by atomic mass is 79.9. The van der Waals surface area contributed by atoms with Gasteiger partial charge in [0, 0.05) is 10.0 Å². The van der Waals surface area contributed by atoms with Crippen LogP contribution in [0.4, 0.5) is 4.39 Å². The number of halogens is 2. The van der Waals surface area contributed by atoms with Crippen LogP contribution in [0.3, 0.4) is 0 Å². The van der Waals surface area contributed by atoms with Gasteiger partial charge in [-0.3, -0.25) is 0 Å². The lowest BCUT2D eigenvalue weighted by atomic mass is 9.94. The molecule has 1 unspecified atom stereocenters. The molecular weight excluding hydrogens is 291 g/mol. The van der Waals surface area contributed by atoms with E-state index in [1.54, 1.807) is 25.1 Å². The van der Waals surface area contributed by atoms with Gasteiger partial charge in [0.25, 0.3) is 0 Å². The van der Waals surface area contributed by atoms with Gasteiger partial charge >= 0.3 is 0 Å². The van der Waals surface area contributed by atoms with E-state index in [-0.39, 0.29) is 5.56 Å². The van der Waals surface area contributed by atoms with Gasteiger partial charge in [-0.2, -0.15) is 0 Å². The minimum absolute atomic E-state index is 0.290. The number of hydrogen-bond donors (Lipinski definition) is 1. The van der Waals surface area contributed by atoms with E-state index in [0.717, 1.165) is 4.47 Å². The molecule has 0 aliphatic heterocycles. The summed E-state index contributed by atoms with van der Waals surface area (Å²) in [6.45, 7) is 1.60. The highest BCUT2D eigenvalue weighted by Gasteiger charge is 2.31. The summed E-state index contributed by atoms with van der Waals surface area (Å²) in [7, 11) is 0. The summed E-state index contributed by atoms with van der Waals surface area (Å²) in [6.07, 6.45) is 0. The van der Waals surface area contributed by atoms with E-state index in [9.17, 15) is 9.50 Å². The van der Waals surface area contributed by atoms with Crippen LogP contribution in [0.1, 0.15) is 17.4 Å².